The van der Waals surface area contributed by atoms with E-state index in [9.17, 15) is 18.3 Å². The molecule has 0 spiro atoms. The van der Waals surface area contributed by atoms with Crippen LogP contribution in [-0.4, -0.2) is 53.0 Å². The second kappa shape index (κ2) is 5.29. The summed E-state index contributed by atoms with van der Waals surface area (Å²) in [6, 6.07) is 1.01. The van der Waals surface area contributed by atoms with Crippen LogP contribution in [0.1, 0.15) is 17.4 Å². The smallest absolute Gasteiger partial charge is 0.352 e. The van der Waals surface area contributed by atoms with Crippen molar-refractivity contribution in [2.75, 3.05) is 13.2 Å². The Hall–Kier alpha value is -1.42. The number of aromatic carboxylic acids is 1. The molecule has 108 valence electrons. The third kappa shape index (κ3) is 3.77. The van der Waals surface area contributed by atoms with E-state index in [1.54, 1.807) is 0 Å². The molecule has 0 aliphatic heterocycles. The van der Waals surface area contributed by atoms with E-state index in [0.717, 1.165) is 12.3 Å². The molecule has 1 heterocycles. The summed E-state index contributed by atoms with van der Waals surface area (Å²) in [5, 5.41) is 27.2. The van der Waals surface area contributed by atoms with Gasteiger partial charge in [0, 0.05) is 19.8 Å². The van der Waals surface area contributed by atoms with Gasteiger partial charge >= 0.3 is 5.97 Å². The molecular formula is C10H16N2O6S. The zero-order chi connectivity index (χ0) is 14.8. The summed E-state index contributed by atoms with van der Waals surface area (Å²) in [4.78, 5) is 10.6. The predicted octanol–water partition coefficient (Wildman–Crippen LogP) is -1.26. The SMILES string of the molecule is Cn1cc(S(=O)(=O)NCC(C)(O)CO)cc1C(=O)O. The molecule has 1 unspecified atom stereocenters. The van der Waals surface area contributed by atoms with E-state index >= 15 is 0 Å². The van der Waals surface area contributed by atoms with Crippen LogP contribution in [0.25, 0.3) is 0 Å². The molecule has 0 amide bonds. The molecule has 1 atom stereocenters. The number of nitrogens with one attached hydrogen (secondary N) is 1. The van der Waals surface area contributed by atoms with E-state index < -0.39 is 28.2 Å². The van der Waals surface area contributed by atoms with E-state index in [2.05, 4.69) is 4.72 Å². The van der Waals surface area contributed by atoms with Gasteiger partial charge in [-0.2, -0.15) is 0 Å². The second-order valence-corrected chi connectivity index (χ2v) is 6.22. The van der Waals surface area contributed by atoms with Crippen LogP contribution >= 0.6 is 0 Å². The molecule has 0 fully saturated rings. The standard InChI is InChI=1S/C10H16N2O6S/c1-10(16,6-13)5-11-19(17,18)7-3-8(9(14)15)12(2)4-7/h3-4,11,13,16H,5-6H2,1-2H3,(H,14,15). The maximum atomic E-state index is 11.9. The minimum Gasteiger partial charge on any atom is -0.477 e. The van der Waals surface area contributed by atoms with Gasteiger partial charge in [0.1, 0.15) is 10.6 Å². The van der Waals surface area contributed by atoms with Crippen molar-refractivity contribution in [1.82, 2.24) is 9.29 Å². The third-order valence-electron chi connectivity index (χ3n) is 2.49. The minimum absolute atomic E-state index is 0.172. The predicted molar refractivity (Wildman–Crippen MR) is 65.3 cm³/mol. The molecule has 0 aromatic carbocycles. The molecule has 9 heteroatoms. The summed E-state index contributed by atoms with van der Waals surface area (Å²) in [6.07, 6.45) is 1.15. The number of rotatable bonds is 6. The maximum absolute atomic E-state index is 11.9. The van der Waals surface area contributed by atoms with Crippen LogP contribution in [0.15, 0.2) is 17.2 Å². The monoisotopic (exact) mass is 292 g/mol. The molecule has 8 nitrogen and oxygen atoms in total. The Labute approximate surface area is 110 Å². The molecule has 1 aromatic rings. The number of aryl methyl sites for hydroxylation is 1. The Morgan fingerprint density at radius 2 is 2.11 bits per heavy atom. The first-order valence-electron chi connectivity index (χ1n) is 5.31. The van der Waals surface area contributed by atoms with Gasteiger partial charge in [-0.3, -0.25) is 0 Å². The maximum Gasteiger partial charge on any atom is 0.352 e. The van der Waals surface area contributed by atoms with Crippen LogP contribution in [0.5, 0.6) is 0 Å². The topological polar surface area (TPSA) is 129 Å². The van der Waals surface area contributed by atoms with Crippen molar-refractivity contribution >= 4 is 16.0 Å². The van der Waals surface area contributed by atoms with Gasteiger partial charge in [0.2, 0.25) is 10.0 Å². The number of carbonyl (C=O) groups is 1. The summed E-state index contributed by atoms with van der Waals surface area (Å²) in [5.41, 5.74) is -1.76. The fraction of sp³-hybridized carbons (Fsp3) is 0.500. The van der Waals surface area contributed by atoms with Gasteiger partial charge in [0.15, 0.2) is 0 Å². The number of sulfonamides is 1. The molecule has 0 bridgehead atoms. The van der Waals surface area contributed by atoms with Gasteiger partial charge in [-0.1, -0.05) is 0 Å². The average Bonchev–Trinajstić information content (AvgIpc) is 2.70. The van der Waals surface area contributed by atoms with Crippen LogP contribution in [0, 0.1) is 0 Å². The molecular weight excluding hydrogens is 276 g/mol. The molecule has 0 saturated heterocycles. The van der Waals surface area contributed by atoms with Crippen molar-refractivity contribution in [3.63, 3.8) is 0 Å². The van der Waals surface area contributed by atoms with Crippen LogP contribution in [-0.2, 0) is 17.1 Å². The van der Waals surface area contributed by atoms with E-state index in [-0.39, 0.29) is 17.1 Å². The quantitative estimate of drug-likeness (QED) is 0.518. The molecule has 4 N–H and O–H groups in total. The lowest BCUT2D eigenvalue weighted by atomic mass is 10.1. The van der Waals surface area contributed by atoms with Gasteiger partial charge in [-0.25, -0.2) is 17.9 Å². The number of carboxylic acids is 1. The normalized spacial score (nSPS) is 15.2. The lowest BCUT2D eigenvalue weighted by Crippen LogP contribution is -2.43. The van der Waals surface area contributed by atoms with Crippen LogP contribution in [0.3, 0.4) is 0 Å². The van der Waals surface area contributed by atoms with E-state index in [1.165, 1.54) is 18.5 Å². The number of hydrogen-bond donors (Lipinski definition) is 4. The van der Waals surface area contributed by atoms with Crippen LogP contribution < -0.4 is 4.72 Å². The number of aromatic nitrogens is 1. The zero-order valence-electron chi connectivity index (χ0n) is 10.5. The summed E-state index contributed by atoms with van der Waals surface area (Å²) in [6.45, 7) is 0.275. The fourth-order valence-electron chi connectivity index (χ4n) is 1.28. The van der Waals surface area contributed by atoms with Crippen molar-refractivity contribution in [2.24, 2.45) is 7.05 Å². The third-order valence-corrected chi connectivity index (χ3v) is 3.86. The minimum atomic E-state index is -3.94. The van der Waals surface area contributed by atoms with Crippen molar-refractivity contribution < 1.29 is 28.5 Å². The first-order valence-corrected chi connectivity index (χ1v) is 6.80. The summed E-state index contributed by atoms with van der Waals surface area (Å²) >= 11 is 0. The van der Waals surface area contributed by atoms with Crippen LogP contribution in [0.2, 0.25) is 0 Å². The summed E-state index contributed by atoms with van der Waals surface area (Å²) in [7, 11) is -2.53. The Bertz CT molecular complexity index is 575. The van der Waals surface area contributed by atoms with Gasteiger partial charge in [-0.15, -0.1) is 0 Å². The number of hydrogen-bond acceptors (Lipinski definition) is 5. The lowest BCUT2D eigenvalue weighted by molar-refractivity contribution is 0.00681. The highest BCUT2D eigenvalue weighted by atomic mass is 32.2. The van der Waals surface area contributed by atoms with Gasteiger partial charge in [-0.05, 0) is 13.0 Å². The van der Waals surface area contributed by atoms with E-state index in [0.29, 0.717) is 0 Å². The van der Waals surface area contributed by atoms with E-state index in [4.69, 9.17) is 10.2 Å². The average molecular weight is 292 g/mol. The van der Waals surface area contributed by atoms with Crippen molar-refractivity contribution in [3.05, 3.63) is 18.0 Å². The van der Waals surface area contributed by atoms with Crippen molar-refractivity contribution in [3.8, 4) is 0 Å². The summed E-state index contributed by atoms with van der Waals surface area (Å²) < 4.78 is 27.0. The number of carboxylic acid groups (broad SMARTS) is 1. The van der Waals surface area contributed by atoms with Crippen molar-refractivity contribution in [2.45, 2.75) is 17.4 Å². The lowest BCUT2D eigenvalue weighted by Gasteiger charge is -2.20. The van der Waals surface area contributed by atoms with E-state index in [1.807, 2.05) is 0 Å². The van der Waals surface area contributed by atoms with Gasteiger partial charge < -0.3 is 19.9 Å². The molecule has 0 aliphatic rings. The Morgan fingerprint density at radius 3 is 2.53 bits per heavy atom. The highest BCUT2D eigenvalue weighted by Gasteiger charge is 2.25. The molecule has 0 saturated carbocycles. The largest absolute Gasteiger partial charge is 0.477 e. The number of nitrogens with zero attached hydrogens (tertiary/aromatic N) is 1. The summed E-state index contributed by atoms with van der Waals surface area (Å²) in [5.74, 6) is -1.24. The molecule has 1 rings (SSSR count). The number of aliphatic hydroxyl groups excluding tert-OH is 1. The number of aliphatic hydroxyl groups is 2. The zero-order valence-corrected chi connectivity index (χ0v) is 11.3. The Balaban J connectivity index is 2.96. The van der Waals surface area contributed by atoms with Gasteiger partial charge in [0.25, 0.3) is 0 Å². The fourth-order valence-corrected chi connectivity index (χ4v) is 2.51. The highest BCUT2D eigenvalue weighted by Crippen LogP contribution is 2.14. The first kappa shape index (κ1) is 15.6. The van der Waals surface area contributed by atoms with Gasteiger partial charge in [0.05, 0.1) is 12.2 Å². The first-order chi connectivity index (χ1) is 8.59. The highest BCUT2D eigenvalue weighted by molar-refractivity contribution is 7.89. The Kier molecular flexibility index (Phi) is 4.35. The molecule has 0 aliphatic carbocycles. The molecule has 1 aromatic heterocycles. The van der Waals surface area contributed by atoms with Crippen molar-refractivity contribution in [1.29, 1.82) is 0 Å². The van der Waals surface area contributed by atoms with Crippen LogP contribution in [0.4, 0.5) is 0 Å². The Morgan fingerprint density at radius 1 is 1.53 bits per heavy atom. The second-order valence-electron chi connectivity index (χ2n) is 4.46. The molecule has 19 heavy (non-hydrogen) atoms. The molecule has 0 radical (unpaired) electrons.